The molecule has 0 bridgehead atoms. The quantitative estimate of drug-likeness (QED) is 0.858. The number of amides is 1. The zero-order chi connectivity index (χ0) is 18.9. The van der Waals surface area contributed by atoms with Crippen molar-refractivity contribution < 1.29 is 18.8 Å². The summed E-state index contributed by atoms with van der Waals surface area (Å²) in [5.74, 6) is 0.421. The summed E-state index contributed by atoms with van der Waals surface area (Å²) < 4.78 is 17.3. The van der Waals surface area contributed by atoms with Crippen LogP contribution >= 0.6 is 0 Å². The van der Waals surface area contributed by atoms with E-state index in [1.807, 2.05) is 52.0 Å². The van der Waals surface area contributed by atoms with Gasteiger partial charge < -0.3 is 19.4 Å². The van der Waals surface area contributed by atoms with Crippen LogP contribution in [-0.2, 0) is 9.31 Å². The molecule has 1 heterocycles. The molecule has 6 heteroatoms. The van der Waals surface area contributed by atoms with Gasteiger partial charge in [0.25, 0.3) is 5.91 Å². The van der Waals surface area contributed by atoms with E-state index in [9.17, 15) is 4.79 Å². The number of para-hydroxylation sites is 2. The molecule has 1 aliphatic rings. The summed E-state index contributed by atoms with van der Waals surface area (Å²) in [6.45, 7) is 8.06. The molecule has 2 aromatic rings. The number of nitrogens with one attached hydrogen (secondary N) is 1. The van der Waals surface area contributed by atoms with Gasteiger partial charge in [-0.1, -0.05) is 24.3 Å². The van der Waals surface area contributed by atoms with Gasteiger partial charge in [0.1, 0.15) is 5.75 Å². The molecule has 1 fully saturated rings. The average Bonchev–Trinajstić information content (AvgIpc) is 2.83. The SMILES string of the molecule is COc1ccccc1NC(=O)c1ccc(B2OC(C)(C)C(C)(C)O2)cc1. The molecule has 0 atom stereocenters. The molecule has 0 radical (unpaired) electrons. The Balaban J connectivity index is 1.73. The predicted molar refractivity (Wildman–Crippen MR) is 103 cm³/mol. The van der Waals surface area contributed by atoms with E-state index < -0.39 is 18.3 Å². The third-order valence-electron chi connectivity index (χ3n) is 5.05. The number of hydrogen-bond donors (Lipinski definition) is 1. The molecule has 1 aliphatic heterocycles. The second kappa shape index (κ2) is 6.78. The van der Waals surface area contributed by atoms with Gasteiger partial charge >= 0.3 is 7.12 Å². The van der Waals surface area contributed by atoms with E-state index in [1.165, 1.54) is 0 Å². The van der Waals surface area contributed by atoms with Gasteiger partial charge in [0.15, 0.2) is 0 Å². The Labute approximate surface area is 154 Å². The maximum atomic E-state index is 12.5. The van der Waals surface area contributed by atoms with Gasteiger partial charge in [0.2, 0.25) is 0 Å². The van der Waals surface area contributed by atoms with Crippen molar-refractivity contribution in [2.75, 3.05) is 12.4 Å². The summed E-state index contributed by atoms with van der Waals surface area (Å²) in [5.41, 5.74) is 1.29. The van der Waals surface area contributed by atoms with Gasteiger partial charge in [-0.15, -0.1) is 0 Å². The van der Waals surface area contributed by atoms with Crippen LogP contribution in [0.5, 0.6) is 5.75 Å². The van der Waals surface area contributed by atoms with Crippen LogP contribution in [0.3, 0.4) is 0 Å². The number of benzene rings is 2. The number of methoxy groups -OCH3 is 1. The first-order valence-corrected chi connectivity index (χ1v) is 8.63. The normalized spacial score (nSPS) is 17.8. The van der Waals surface area contributed by atoms with E-state index in [0.717, 1.165) is 5.46 Å². The van der Waals surface area contributed by atoms with Crippen molar-refractivity contribution >= 4 is 24.2 Å². The van der Waals surface area contributed by atoms with Crippen LogP contribution in [0.2, 0.25) is 0 Å². The van der Waals surface area contributed by atoms with Crippen molar-refractivity contribution in [2.24, 2.45) is 0 Å². The van der Waals surface area contributed by atoms with Gasteiger partial charge in [0, 0.05) is 5.56 Å². The van der Waals surface area contributed by atoms with Crippen LogP contribution in [0.4, 0.5) is 5.69 Å². The molecule has 1 saturated heterocycles. The molecular formula is C20H24BNO4. The molecule has 26 heavy (non-hydrogen) atoms. The Morgan fingerprint density at radius 3 is 2.12 bits per heavy atom. The minimum Gasteiger partial charge on any atom is -0.495 e. The van der Waals surface area contributed by atoms with Gasteiger partial charge in [-0.3, -0.25) is 4.79 Å². The fourth-order valence-electron chi connectivity index (χ4n) is 2.71. The number of rotatable bonds is 4. The van der Waals surface area contributed by atoms with Crippen molar-refractivity contribution in [1.82, 2.24) is 0 Å². The van der Waals surface area contributed by atoms with E-state index >= 15 is 0 Å². The predicted octanol–water partition coefficient (Wildman–Crippen LogP) is 3.25. The van der Waals surface area contributed by atoms with Crippen LogP contribution in [0.25, 0.3) is 0 Å². The molecule has 0 aromatic heterocycles. The third kappa shape index (κ3) is 3.48. The van der Waals surface area contributed by atoms with Crippen LogP contribution in [0, 0.1) is 0 Å². The molecule has 136 valence electrons. The first-order chi connectivity index (χ1) is 12.2. The summed E-state index contributed by atoms with van der Waals surface area (Å²) in [7, 11) is 1.14. The second-order valence-corrected chi connectivity index (χ2v) is 7.36. The standard InChI is InChI=1S/C20H24BNO4/c1-19(2)20(3,4)26-21(25-19)15-12-10-14(11-13-15)18(23)22-16-8-6-7-9-17(16)24-5/h6-13H,1-5H3,(H,22,23). The molecule has 0 unspecified atom stereocenters. The first kappa shape index (κ1) is 18.5. The fraction of sp³-hybridized carbons (Fsp3) is 0.350. The number of ether oxygens (including phenoxy) is 1. The maximum absolute atomic E-state index is 12.5. The van der Waals surface area contributed by atoms with Crippen molar-refractivity contribution in [3.8, 4) is 5.75 Å². The summed E-state index contributed by atoms with van der Waals surface area (Å²) >= 11 is 0. The fourth-order valence-corrected chi connectivity index (χ4v) is 2.71. The number of carbonyl (C=O) groups is 1. The van der Waals surface area contributed by atoms with Gasteiger partial charge in [-0.2, -0.15) is 0 Å². The summed E-state index contributed by atoms with van der Waals surface area (Å²) in [6, 6.07) is 14.6. The minimum atomic E-state index is -0.439. The molecule has 1 N–H and O–H groups in total. The zero-order valence-corrected chi connectivity index (χ0v) is 15.8. The monoisotopic (exact) mass is 353 g/mol. The maximum Gasteiger partial charge on any atom is 0.494 e. The van der Waals surface area contributed by atoms with Crippen LogP contribution in [-0.4, -0.2) is 31.3 Å². The molecule has 3 rings (SSSR count). The zero-order valence-electron chi connectivity index (χ0n) is 15.8. The Morgan fingerprint density at radius 2 is 1.54 bits per heavy atom. The number of hydrogen-bond acceptors (Lipinski definition) is 4. The number of carbonyl (C=O) groups excluding carboxylic acids is 1. The number of anilines is 1. The van der Waals surface area contributed by atoms with E-state index in [1.54, 1.807) is 31.4 Å². The van der Waals surface area contributed by atoms with Crippen molar-refractivity contribution in [1.29, 1.82) is 0 Å². The lowest BCUT2D eigenvalue weighted by atomic mass is 9.79. The molecule has 0 saturated carbocycles. The van der Waals surface area contributed by atoms with Gasteiger partial charge in [-0.25, -0.2) is 0 Å². The Kier molecular flexibility index (Phi) is 4.82. The lowest BCUT2D eigenvalue weighted by Gasteiger charge is -2.32. The van der Waals surface area contributed by atoms with E-state index in [4.69, 9.17) is 14.0 Å². The van der Waals surface area contributed by atoms with E-state index in [2.05, 4.69) is 5.32 Å². The largest absolute Gasteiger partial charge is 0.495 e. The second-order valence-electron chi connectivity index (χ2n) is 7.36. The van der Waals surface area contributed by atoms with Crippen molar-refractivity contribution in [3.05, 3.63) is 54.1 Å². The molecule has 1 amide bonds. The van der Waals surface area contributed by atoms with Crippen LogP contribution < -0.4 is 15.5 Å². The van der Waals surface area contributed by atoms with E-state index in [-0.39, 0.29) is 5.91 Å². The summed E-state index contributed by atoms with van der Waals surface area (Å²) in [6.07, 6.45) is 0. The van der Waals surface area contributed by atoms with E-state index in [0.29, 0.717) is 17.0 Å². The Morgan fingerprint density at radius 1 is 0.962 bits per heavy atom. The minimum absolute atomic E-state index is 0.199. The third-order valence-corrected chi connectivity index (χ3v) is 5.05. The highest BCUT2D eigenvalue weighted by molar-refractivity contribution is 6.62. The molecule has 0 aliphatic carbocycles. The Hall–Kier alpha value is -2.31. The van der Waals surface area contributed by atoms with Gasteiger partial charge in [0.05, 0.1) is 24.0 Å². The summed E-state index contributed by atoms with van der Waals surface area (Å²) in [5, 5.41) is 2.87. The summed E-state index contributed by atoms with van der Waals surface area (Å²) in [4.78, 5) is 12.5. The lowest BCUT2D eigenvalue weighted by Crippen LogP contribution is -2.41. The highest BCUT2D eigenvalue weighted by Crippen LogP contribution is 2.36. The van der Waals surface area contributed by atoms with Crippen molar-refractivity contribution in [2.45, 2.75) is 38.9 Å². The lowest BCUT2D eigenvalue weighted by molar-refractivity contribution is 0.00578. The molecular weight excluding hydrogens is 329 g/mol. The molecule has 2 aromatic carbocycles. The molecule has 5 nitrogen and oxygen atoms in total. The van der Waals surface area contributed by atoms with Crippen molar-refractivity contribution in [3.63, 3.8) is 0 Å². The highest BCUT2D eigenvalue weighted by Gasteiger charge is 2.51. The molecule has 0 spiro atoms. The Bertz CT molecular complexity index is 786. The topological polar surface area (TPSA) is 56.8 Å². The van der Waals surface area contributed by atoms with Gasteiger partial charge in [-0.05, 0) is 57.4 Å². The van der Waals surface area contributed by atoms with Crippen LogP contribution in [0.1, 0.15) is 38.1 Å². The highest BCUT2D eigenvalue weighted by atomic mass is 16.7. The van der Waals surface area contributed by atoms with Crippen LogP contribution in [0.15, 0.2) is 48.5 Å². The average molecular weight is 353 g/mol. The first-order valence-electron chi connectivity index (χ1n) is 8.63. The smallest absolute Gasteiger partial charge is 0.494 e.